The lowest BCUT2D eigenvalue weighted by Gasteiger charge is -2.07. The van der Waals surface area contributed by atoms with Crippen molar-refractivity contribution in [2.75, 3.05) is 0 Å². The van der Waals surface area contributed by atoms with Crippen molar-refractivity contribution in [3.63, 3.8) is 0 Å². The number of benzene rings is 3. The highest BCUT2D eigenvalue weighted by Crippen LogP contribution is 2.24. The molecule has 0 aliphatic carbocycles. The highest BCUT2D eigenvalue weighted by Gasteiger charge is 2.13. The fourth-order valence-corrected chi connectivity index (χ4v) is 3.43. The van der Waals surface area contributed by atoms with E-state index < -0.39 is 5.97 Å². The van der Waals surface area contributed by atoms with Gasteiger partial charge >= 0.3 is 5.97 Å². The Kier molecular flexibility index (Phi) is 6.43. The monoisotopic (exact) mass is 412 g/mol. The van der Waals surface area contributed by atoms with E-state index in [1.165, 1.54) is 0 Å². The molecule has 0 saturated heterocycles. The number of nitrogens with zero attached hydrogens (tertiary/aromatic N) is 2. The van der Waals surface area contributed by atoms with E-state index in [-0.39, 0.29) is 6.42 Å². The molecule has 0 radical (unpaired) electrons. The van der Waals surface area contributed by atoms with Crippen LogP contribution in [0.5, 0.6) is 5.75 Å². The van der Waals surface area contributed by atoms with Gasteiger partial charge in [-0.25, -0.2) is 0 Å². The molecule has 4 rings (SSSR count). The molecule has 0 saturated carbocycles. The molecule has 1 heterocycles. The molecule has 0 fully saturated rings. The number of aliphatic carboxylic acids is 1. The zero-order valence-electron chi connectivity index (χ0n) is 17.1. The Morgan fingerprint density at radius 1 is 0.871 bits per heavy atom. The van der Waals surface area contributed by atoms with Gasteiger partial charge in [-0.1, -0.05) is 72.8 Å². The molecule has 1 aromatic heterocycles. The summed E-state index contributed by atoms with van der Waals surface area (Å²) >= 11 is 0. The molecule has 1 N–H and O–H groups in total. The summed E-state index contributed by atoms with van der Waals surface area (Å²) in [6.07, 6.45) is 2.48. The average molecular weight is 412 g/mol. The fraction of sp³-hybridized carbons (Fsp3) is 0.154. The van der Waals surface area contributed by atoms with Gasteiger partial charge in [-0.3, -0.25) is 9.48 Å². The zero-order valence-corrected chi connectivity index (χ0v) is 17.1. The molecule has 31 heavy (non-hydrogen) atoms. The van der Waals surface area contributed by atoms with Gasteiger partial charge in [0.15, 0.2) is 0 Å². The Balaban J connectivity index is 1.46. The molecule has 4 aromatic rings. The lowest BCUT2D eigenvalue weighted by Crippen LogP contribution is -2.01. The minimum Gasteiger partial charge on any atom is -0.489 e. The third-order valence-electron chi connectivity index (χ3n) is 5.01. The van der Waals surface area contributed by atoms with Gasteiger partial charge in [-0.2, -0.15) is 5.10 Å². The number of ether oxygens (including phenoxy) is 1. The van der Waals surface area contributed by atoms with Crippen LogP contribution in [-0.2, 0) is 24.4 Å². The third-order valence-corrected chi connectivity index (χ3v) is 5.01. The first-order chi connectivity index (χ1) is 15.2. The molecule has 156 valence electrons. The lowest BCUT2D eigenvalue weighted by atomic mass is 10.0. The highest BCUT2D eigenvalue weighted by molar-refractivity contribution is 5.68. The number of hydrogen-bond donors (Lipinski definition) is 1. The van der Waals surface area contributed by atoms with Crippen LogP contribution in [0, 0.1) is 0 Å². The van der Waals surface area contributed by atoms with Crippen molar-refractivity contribution in [3.8, 4) is 17.0 Å². The van der Waals surface area contributed by atoms with Crippen molar-refractivity contribution in [1.29, 1.82) is 0 Å². The van der Waals surface area contributed by atoms with E-state index in [1.54, 1.807) is 0 Å². The zero-order chi connectivity index (χ0) is 21.5. The average Bonchev–Trinajstić information content (AvgIpc) is 3.21. The number of aryl methyl sites for hydroxylation is 1. The number of carbonyl (C=O) groups is 1. The second-order valence-electron chi connectivity index (χ2n) is 7.38. The van der Waals surface area contributed by atoms with Crippen molar-refractivity contribution < 1.29 is 14.6 Å². The summed E-state index contributed by atoms with van der Waals surface area (Å²) in [5.74, 6) is 0.0121. The van der Waals surface area contributed by atoms with Gasteiger partial charge in [0.25, 0.3) is 0 Å². The summed E-state index contributed by atoms with van der Waals surface area (Å²) in [6.45, 7) is 1.14. The Bertz CT molecular complexity index is 1120. The summed E-state index contributed by atoms with van der Waals surface area (Å²) in [7, 11) is 0. The van der Waals surface area contributed by atoms with Crippen molar-refractivity contribution in [2.45, 2.75) is 26.0 Å². The maximum atomic E-state index is 11.1. The van der Waals surface area contributed by atoms with Crippen LogP contribution in [0.3, 0.4) is 0 Å². The van der Waals surface area contributed by atoms with Crippen molar-refractivity contribution >= 4 is 5.97 Å². The predicted octanol–water partition coefficient (Wildman–Crippen LogP) is 5.19. The maximum Gasteiger partial charge on any atom is 0.303 e. The molecule has 3 aromatic carbocycles. The predicted molar refractivity (Wildman–Crippen MR) is 120 cm³/mol. The van der Waals surface area contributed by atoms with Crippen LogP contribution in [0.1, 0.15) is 23.1 Å². The summed E-state index contributed by atoms with van der Waals surface area (Å²) in [5, 5.41) is 13.8. The Labute approximate surface area is 181 Å². The van der Waals surface area contributed by atoms with E-state index in [2.05, 4.69) is 0 Å². The van der Waals surface area contributed by atoms with Gasteiger partial charge < -0.3 is 9.84 Å². The molecule has 0 spiro atoms. The Hall–Kier alpha value is -3.86. The summed E-state index contributed by atoms with van der Waals surface area (Å²) in [6, 6.07) is 27.9. The van der Waals surface area contributed by atoms with Gasteiger partial charge in [0.2, 0.25) is 0 Å². The van der Waals surface area contributed by atoms with Crippen LogP contribution >= 0.6 is 0 Å². The standard InChI is InChI=1S/C26H24N2O3/c29-25(30)16-13-23-18-28(27-26(23)22-9-5-2-6-10-22)17-20-11-14-24(15-12-20)31-19-21-7-3-1-4-8-21/h1-12,14-15,18H,13,16-17,19H2,(H,29,30). The first kappa shape index (κ1) is 20.4. The van der Waals surface area contributed by atoms with Crippen LogP contribution in [0.4, 0.5) is 0 Å². The minimum atomic E-state index is -0.808. The molecule has 0 aliphatic heterocycles. The maximum absolute atomic E-state index is 11.1. The highest BCUT2D eigenvalue weighted by atomic mass is 16.5. The topological polar surface area (TPSA) is 64.3 Å². The molecule has 0 amide bonds. The quantitative estimate of drug-likeness (QED) is 0.411. The van der Waals surface area contributed by atoms with Gasteiger partial charge in [0.05, 0.1) is 12.2 Å². The van der Waals surface area contributed by atoms with Crippen molar-refractivity contribution in [2.24, 2.45) is 0 Å². The molecule has 0 unspecified atom stereocenters. The molecule has 5 heteroatoms. The molecular formula is C26H24N2O3. The van der Waals surface area contributed by atoms with E-state index in [1.807, 2.05) is 95.8 Å². The normalized spacial score (nSPS) is 10.7. The Morgan fingerprint density at radius 3 is 2.23 bits per heavy atom. The van der Waals surface area contributed by atoms with Crippen LogP contribution in [-0.4, -0.2) is 20.9 Å². The second-order valence-corrected chi connectivity index (χ2v) is 7.38. The van der Waals surface area contributed by atoms with Gasteiger partial charge in [0.1, 0.15) is 12.4 Å². The van der Waals surface area contributed by atoms with Crippen LogP contribution in [0.15, 0.2) is 91.1 Å². The first-order valence-corrected chi connectivity index (χ1v) is 10.3. The molecule has 5 nitrogen and oxygen atoms in total. The number of carboxylic acid groups (broad SMARTS) is 1. The second kappa shape index (κ2) is 9.76. The van der Waals surface area contributed by atoms with Crippen LogP contribution in [0.25, 0.3) is 11.3 Å². The van der Waals surface area contributed by atoms with Gasteiger partial charge in [-0.15, -0.1) is 0 Å². The van der Waals surface area contributed by atoms with Crippen molar-refractivity contribution in [1.82, 2.24) is 9.78 Å². The molecule has 0 atom stereocenters. The van der Waals surface area contributed by atoms with Crippen LogP contribution in [0.2, 0.25) is 0 Å². The summed E-state index contributed by atoms with van der Waals surface area (Å²) in [5.41, 5.74) is 5.00. The van der Waals surface area contributed by atoms with E-state index in [0.29, 0.717) is 19.6 Å². The smallest absolute Gasteiger partial charge is 0.303 e. The fourth-order valence-electron chi connectivity index (χ4n) is 3.43. The van der Waals surface area contributed by atoms with Gasteiger partial charge in [0, 0.05) is 18.2 Å². The summed E-state index contributed by atoms with van der Waals surface area (Å²) < 4.78 is 7.73. The van der Waals surface area contributed by atoms with E-state index in [9.17, 15) is 4.79 Å². The number of aromatic nitrogens is 2. The largest absolute Gasteiger partial charge is 0.489 e. The minimum absolute atomic E-state index is 0.0823. The SMILES string of the molecule is O=C(O)CCc1cn(Cc2ccc(OCc3ccccc3)cc2)nc1-c1ccccc1. The van der Waals surface area contributed by atoms with E-state index in [4.69, 9.17) is 14.9 Å². The summed E-state index contributed by atoms with van der Waals surface area (Å²) in [4.78, 5) is 11.1. The molecule has 0 aliphatic rings. The van der Waals surface area contributed by atoms with Crippen LogP contribution < -0.4 is 4.74 Å². The number of rotatable bonds is 9. The Morgan fingerprint density at radius 2 is 1.55 bits per heavy atom. The van der Waals surface area contributed by atoms with Gasteiger partial charge in [-0.05, 0) is 35.2 Å². The number of carboxylic acids is 1. The van der Waals surface area contributed by atoms with Crippen molar-refractivity contribution in [3.05, 3.63) is 108 Å². The van der Waals surface area contributed by atoms with E-state index >= 15 is 0 Å². The molecule has 0 bridgehead atoms. The molecular weight excluding hydrogens is 388 g/mol. The lowest BCUT2D eigenvalue weighted by molar-refractivity contribution is -0.136. The number of hydrogen-bond acceptors (Lipinski definition) is 3. The third kappa shape index (κ3) is 5.60. The first-order valence-electron chi connectivity index (χ1n) is 10.3. The van der Waals surface area contributed by atoms with E-state index in [0.717, 1.165) is 33.7 Å².